The van der Waals surface area contributed by atoms with Gasteiger partial charge in [-0.25, -0.2) is 0 Å². The number of hydrogen-bond donors (Lipinski definition) is 1. The van der Waals surface area contributed by atoms with Gasteiger partial charge in [-0.1, -0.05) is 15.9 Å². The number of halogens is 1. The van der Waals surface area contributed by atoms with Crippen LogP contribution in [0.1, 0.15) is 25.8 Å². The molecule has 1 aromatic carbocycles. The summed E-state index contributed by atoms with van der Waals surface area (Å²) in [5, 5.41) is 12.5. The maximum absolute atomic E-state index is 9.01. The van der Waals surface area contributed by atoms with E-state index in [2.05, 4.69) is 71.2 Å². The van der Waals surface area contributed by atoms with Crippen molar-refractivity contribution in [2.75, 3.05) is 18.0 Å². The van der Waals surface area contributed by atoms with Gasteiger partial charge >= 0.3 is 0 Å². The van der Waals surface area contributed by atoms with Crippen molar-refractivity contribution < 1.29 is 0 Å². The van der Waals surface area contributed by atoms with E-state index in [0.29, 0.717) is 6.42 Å². The van der Waals surface area contributed by atoms with Gasteiger partial charge in [0, 0.05) is 28.8 Å². The van der Waals surface area contributed by atoms with Crippen LogP contribution in [-0.2, 0) is 0 Å². The van der Waals surface area contributed by atoms with Crippen LogP contribution < -0.4 is 10.2 Å². The molecular weight excluding hydrogens is 302 g/mol. The van der Waals surface area contributed by atoms with Crippen LogP contribution in [0.15, 0.2) is 22.7 Å². The topological polar surface area (TPSA) is 39.1 Å². The molecule has 1 fully saturated rings. The molecule has 102 valence electrons. The number of nitriles is 1. The Balaban J connectivity index is 2.34. The fourth-order valence-electron chi connectivity index (χ4n) is 2.63. The van der Waals surface area contributed by atoms with Gasteiger partial charge in [0.2, 0.25) is 0 Å². The minimum Gasteiger partial charge on any atom is -0.364 e. The van der Waals surface area contributed by atoms with Crippen molar-refractivity contribution in [3.8, 4) is 6.07 Å². The third kappa shape index (κ3) is 3.29. The van der Waals surface area contributed by atoms with Gasteiger partial charge in [0.25, 0.3) is 0 Å². The largest absolute Gasteiger partial charge is 0.364 e. The zero-order valence-corrected chi connectivity index (χ0v) is 13.3. The maximum Gasteiger partial charge on any atom is 0.0643 e. The maximum atomic E-state index is 9.01. The van der Waals surface area contributed by atoms with E-state index in [9.17, 15) is 0 Å². The van der Waals surface area contributed by atoms with Crippen LogP contribution in [0.5, 0.6) is 0 Å². The van der Waals surface area contributed by atoms with Crippen LogP contribution in [0.2, 0.25) is 0 Å². The van der Waals surface area contributed by atoms with E-state index in [1.807, 2.05) is 0 Å². The van der Waals surface area contributed by atoms with E-state index in [4.69, 9.17) is 5.26 Å². The molecule has 0 aromatic heterocycles. The molecule has 2 rings (SSSR count). The average Bonchev–Trinajstić information content (AvgIpc) is 2.32. The number of aryl methyl sites for hydroxylation is 1. The summed E-state index contributed by atoms with van der Waals surface area (Å²) in [5.41, 5.74) is 2.55. The quantitative estimate of drug-likeness (QED) is 0.909. The number of anilines is 1. The van der Waals surface area contributed by atoms with Crippen molar-refractivity contribution in [3.63, 3.8) is 0 Å². The average molecular weight is 322 g/mol. The normalized spacial score (nSPS) is 22.1. The Kier molecular flexibility index (Phi) is 4.17. The molecule has 0 amide bonds. The molecule has 1 atom stereocenters. The van der Waals surface area contributed by atoms with Gasteiger partial charge in [0.05, 0.1) is 18.5 Å². The van der Waals surface area contributed by atoms with Crippen molar-refractivity contribution in [1.29, 1.82) is 5.26 Å². The van der Waals surface area contributed by atoms with Crippen LogP contribution in [0.4, 0.5) is 5.69 Å². The third-order valence-corrected chi connectivity index (χ3v) is 4.11. The summed E-state index contributed by atoms with van der Waals surface area (Å²) in [7, 11) is 0. The molecule has 0 spiro atoms. The SMILES string of the molecule is Cc1cc(Br)ccc1N1CC(C)(C)NCC1CC#N. The molecule has 0 radical (unpaired) electrons. The van der Waals surface area contributed by atoms with Crippen LogP contribution in [0.3, 0.4) is 0 Å². The van der Waals surface area contributed by atoms with Crippen molar-refractivity contribution in [2.45, 2.75) is 38.8 Å². The van der Waals surface area contributed by atoms with Crippen LogP contribution in [0.25, 0.3) is 0 Å². The predicted octanol–water partition coefficient (Wildman–Crippen LogP) is 3.23. The van der Waals surface area contributed by atoms with Gasteiger partial charge < -0.3 is 10.2 Å². The second kappa shape index (κ2) is 5.52. The highest BCUT2D eigenvalue weighted by molar-refractivity contribution is 9.10. The summed E-state index contributed by atoms with van der Waals surface area (Å²) in [6.07, 6.45) is 0.554. The van der Waals surface area contributed by atoms with E-state index in [1.54, 1.807) is 0 Å². The Bertz CT molecular complexity index is 505. The van der Waals surface area contributed by atoms with Crippen molar-refractivity contribution in [2.24, 2.45) is 0 Å². The summed E-state index contributed by atoms with van der Waals surface area (Å²) >= 11 is 3.51. The number of rotatable bonds is 2. The second-order valence-corrected chi connectivity index (χ2v) is 6.76. The molecule has 0 aliphatic carbocycles. The Morgan fingerprint density at radius 1 is 1.53 bits per heavy atom. The molecule has 1 aliphatic heterocycles. The first-order chi connectivity index (χ1) is 8.93. The van der Waals surface area contributed by atoms with E-state index in [0.717, 1.165) is 17.6 Å². The first kappa shape index (κ1) is 14.4. The standard InChI is InChI=1S/C15H20BrN3/c1-11-8-12(16)4-5-14(11)19-10-15(2,3)18-9-13(19)6-7-17/h4-5,8,13,18H,6,9-10H2,1-3H3. The molecule has 0 bridgehead atoms. The summed E-state index contributed by atoms with van der Waals surface area (Å²) in [4.78, 5) is 2.38. The lowest BCUT2D eigenvalue weighted by molar-refractivity contribution is 0.311. The lowest BCUT2D eigenvalue weighted by Gasteiger charge is -2.45. The monoisotopic (exact) mass is 321 g/mol. The van der Waals surface area contributed by atoms with E-state index in [1.165, 1.54) is 11.3 Å². The zero-order valence-electron chi connectivity index (χ0n) is 11.7. The van der Waals surface area contributed by atoms with Crippen LogP contribution in [0, 0.1) is 18.3 Å². The minimum atomic E-state index is 0.0749. The summed E-state index contributed by atoms with van der Waals surface area (Å²) in [6, 6.07) is 8.90. The third-order valence-electron chi connectivity index (χ3n) is 3.62. The lowest BCUT2D eigenvalue weighted by Crippen LogP contribution is -2.61. The molecule has 19 heavy (non-hydrogen) atoms. The van der Waals surface area contributed by atoms with Gasteiger partial charge in [0.1, 0.15) is 0 Å². The Labute approximate surface area is 123 Å². The van der Waals surface area contributed by atoms with E-state index >= 15 is 0 Å². The Morgan fingerprint density at radius 3 is 2.89 bits per heavy atom. The van der Waals surface area contributed by atoms with E-state index in [-0.39, 0.29) is 11.6 Å². The Morgan fingerprint density at radius 2 is 2.26 bits per heavy atom. The van der Waals surface area contributed by atoms with E-state index < -0.39 is 0 Å². The molecule has 4 heteroatoms. The van der Waals surface area contributed by atoms with Crippen molar-refractivity contribution >= 4 is 21.6 Å². The van der Waals surface area contributed by atoms with Crippen LogP contribution in [-0.4, -0.2) is 24.7 Å². The fraction of sp³-hybridized carbons (Fsp3) is 0.533. The second-order valence-electron chi connectivity index (χ2n) is 5.84. The smallest absolute Gasteiger partial charge is 0.0643 e. The highest BCUT2D eigenvalue weighted by Gasteiger charge is 2.33. The number of benzene rings is 1. The molecular formula is C15H20BrN3. The lowest BCUT2D eigenvalue weighted by atomic mass is 9.96. The van der Waals surface area contributed by atoms with Gasteiger partial charge in [-0.05, 0) is 44.5 Å². The zero-order chi connectivity index (χ0) is 14.0. The predicted molar refractivity (Wildman–Crippen MR) is 82.3 cm³/mol. The summed E-state index contributed by atoms with van der Waals surface area (Å²) in [6.45, 7) is 8.31. The molecule has 3 nitrogen and oxygen atoms in total. The number of piperazine rings is 1. The molecule has 1 saturated heterocycles. The van der Waals surface area contributed by atoms with Crippen molar-refractivity contribution in [1.82, 2.24) is 5.32 Å². The van der Waals surface area contributed by atoms with Gasteiger partial charge in [-0.2, -0.15) is 5.26 Å². The summed E-state index contributed by atoms with van der Waals surface area (Å²) < 4.78 is 1.10. The van der Waals surface area contributed by atoms with Gasteiger partial charge in [-0.15, -0.1) is 0 Å². The number of nitrogens with one attached hydrogen (secondary N) is 1. The fourth-order valence-corrected chi connectivity index (χ4v) is 3.10. The van der Waals surface area contributed by atoms with Gasteiger partial charge in [0.15, 0.2) is 0 Å². The van der Waals surface area contributed by atoms with Gasteiger partial charge in [-0.3, -0.25) is 0 Å². The first-order valence-electron chi connectivity index (χ1n) is 6.58. The molecule has 1 heterocycles. The molecule has 0 saturated carbocycles. The first-order valence-corrected chi connectivity index (χ1v) is 7.37. The number of hydrogen-bond acceptors (Lipinski definition) is 3. The molecule has 1 aliphatic rings. The Hall–Kier alpha value is -1.05. The number of nitrogens with zero attached hydrogens (tertiary/aromatic N) is 2. The molecule has 1 aromatic rings. The highest BCUT2D eigenvalue weighted by Crippen LogP contribution is 2.29. The molecule has 1 N–H and O–H groups in total. The van der Waals surface area contributed by atoms with Crippen LogP contribution >= 0.6 is 15.9 Å². The summed E-state index contributed by atoms with van der Waals surface area (Å²) in [5.74, 6) is 0. The highest BCUT2D eigenvalue weighted by atomic mass is 79.9. The minimum absolute atomic E-state index is 0.0749. The molecule has 1 unspecified atom stereocenters. The van der Waals surface area contributed by atoms with Crippen molar-refractivity contribution in [3.05, 3.63) is 28.2 Å².